The molecule has 25 heavy (non-hydrogen) atoms. The highest BCUT2D eigenvalue weighted by Gasteiger charge is 2.25. The van der Waals surface area contributed by atoms with Crippen molar-refractivity contribution in [2.75, 3.05) is 70.5 Å². The van der Waals surface area contributed by atoms with Crippen LogP contribution in [0.5, 0.6) is 0 Å². The number of para-hydroxylation sites is 2. The highest BCUT2D eigenvalue weighted by atomic mass is 16.6. The van der Waals surface area contributed by atoms with Gasteiger partial charge < -0.3 is 14.7 Å². The van der Waals surface area contributed by atoms with Crippen molar-refractivity contribution in [1.29, 1.82) is 0 Å². The van der Waals surface area contributed by atoms with Gasteiger partial charge in [0.15, 0.2) is 0 Å². The van der Waals surface area contributed by atoms with E-state index in [0.717, 1.165) is 52.5 Å². The number of rotatable bonds is 6. The molecule has 1 N–H and O–H groups in total. The molecule has 0 aromatic heterocycles. The van der Waals surface area contributed by atoms with Crippen molar-refractivity contribution in [3.05, 3.63) is 34.4 Å². The maximum Gasteiger partial charge on any atom is 0.292 e. The SMILES string of the molecule is O=[N+]([O-])c1ccccc1N1CCN(C[C@H](O)CN2CCOCC2)CC1. The van der Waals surface area contributed by atoms with Gasteiger partial charge >= 0.3 is 0 Å². The lowest BCUT2D eigenvalue weighted by atomic mass is 10.2. The quantitative estimate of drug-likeness (QED) is 0.588. The molecule has 0 saturated carbocycles. The van der Waals surface area contributed by atoms with Gasteiger partial charge in [0.2, 0.25) is 0 Å². The molecule has 8 nitrogen and oxygen atoms in total. The molecule has 0 unspecified atom stereocenters. The molecule has 138 valence electrons. The van der Waals surface area contributed by atoms with Crippen molar-refractivity contribution >= 4 is 11.4 Å². The first-order valence-electron chi connectivity index (χ1n) is 8.82. The lowest BCUT2D eigenvalue weighted by Crippen LogP contribution is -2.51. The van der Waals surface area contributed by atoms with Gasteiger partial charge in [-0.2, -0.15) is 0 Å². The number of aliphatic hydroxyl groups excluding tert-OH is 1. The highest BCUT2D eigenvalue weighted by molar-refractivity contribution is 5.63. The summed E-state index contributed by atoms with van der Waals surface area (Å²) < 4.78 is 5.32. The van der Waals surface area contributed by atoms with Crippen molar-refractivity contribution in [2.24, 2.45) is 0 Å². The topological polar surface area (TPSA) is 82.3 Å². The molecule has 0 bridgehead atoms. The van der Waals surface area contributed by atoms with E-state index in [1.54, 1.807) is 18.2 Å². The monoisotopic (exact) mass is 350 g/mol. The minimum atomic E-state index is -0.379. The van der Waals surface area contributed by atoms with Gasteiger partial charge in [0.1, 0.15) is 5.69 Å². The Bertz CT molecular complexity index is 572. The maximum absolute atomic E-state index is 11.2. The third-order valence-corrected chi connectivity index (χ3v) is 4.83. The van der Waals surface area contributed by atoms with E-state index in [1.807, 2.05) is 6.07 Å². The van der Waals surface area contributed by atoms with Crippen LogP contribution >= 0.6 is 0 Å². The summed E-state index contributed by atoms with van der Waals surface area (Å²) in [5, 5.41) is 21.5. The molecule has 0 spiro atoms. The van der Waals surface area contributed by atoms with Crippen LogP contribution in [0.4, 0.5) is 11.4 Å². The molecule has 0 aliphatic carbocycles. The summed E-state index contributed by atoms with van der Waals surface area (Å²) in [4.78, 5) is 17.4. The van der Waals surface area contributed by atoms with Crippen molar-refractivity contribution in [3.63, 3.8) is 0 Å². The summed E-state index contributed by atoms with van der Waals surface area (Å²) >= 11 is 0. The summed E-state index contributed by atoms with van der Waals surface area (Å²) in [7, 11) is 0. The fourth-order valence-corrected chi connectivity index (χ4v) is 3.49. The number of β-amino-alcohol motifs (C(OH)–C–C–N with tert-alkyl or cyclic N) is 1. The fraction of sp³-hybridized carbons (Fsp3) is 0.647. The zero-order chi connectivity index (χ0) is 17.6. The molecular weight excluding hydrogens is 324 g/mol. The lowest BCUT2D eigenvalue weighted by Gasteiger charge is -2.37. The van der Waals surface area contributed by atoms with Crippen LogP contribution in [0.25, 0.3) is 0 Å². The molecule has 1 aromatic carbocycles. The Morgan fingerprint density at radius 3 is 2.28 bits per heavy atom. The molecule has 8 heteroatoms. The zero-order valence-corrected chi connectivity index (χ0v) is 14.4. The van der Waals surface area contributed by atoms with Crippen LogP contribution in [0.2, 0.25) is 0 Å². The van der Waals surface area contributed by atoms with Gasteiger partial charge in [-0.15, -0.1) is 0 Å². The van der Waals surface area contributed by atoms with Gasteiger partial charge in [-0.25, -0.2) is 0 Å². The molecule has 2 aliphatic rings. The smallest absolute Gasteiger partial charge is 0.292 e. The molecule has 1 atom stereocenters. The predicted octanol–water partition coefficient (Wildman–Crippen LogP) is 0.410. The number of nitrogens with zero attached hydrogens (tertiary/aromatic N) is 4. The van der Waals surface area contributed by atoms with E-state index in [9.17, 15) is 15.2 Å². The Hall–Kier alpha value is -1.74. The highest BCUT2D eigenvalue weighted by Crippen LogP contribution is 2.28. The van der Waals surface area contributed by atoms with Crippen LogP contribution in [-0.2, 0) is 4.74 Å². The maximum atomic E-state index is 11.2. The Morgan fingerprint density at radius 1 is 1.04 bits per heavy atom. The fourth-order valence-electron chi connectivity index (χ4n) is 3.49. The number of aliphatic hydroxyl groups is 1. The van der Waals surface area contributed by atoms with Crippen molar-refractivity contribution in [3.8, 4) is 0 Å². The number of nitro benzene ring substituents is 1. The predicted molar refractivity (Wildman–Crippen MR) is 95.0 cm³/mol. The Balaban J connectivity index is 1.48. The van der Waals surface area contributed by atoms with Crippen molar-refractivity contribution < 1.29 is 14.8 Å². The minimum absolute atomic E-state index is 0.156. The van der Waals surface area contributed by atoms with Crippen LogP contribution in [0.3, 0.4) is 0 Å². The molecule has 2 fully saturated rings. The molecule has 2 heterocycles. The molecule has 3 rings (SSSR count). The second-order valence-corrected chi connectivity index (χ2v) is 6.60. The van der Waals surface area contributed by atoms with Gasteiger partial charge in [0.05, 0.1) is 24.2 Å². The number of hydrogen-bond acceptors (Lipinski definition) is 7. The van der Waals surface area contributed by atoms with Gasteiger partial charge in [0.25, 0.3) is 5.69 Å². The van der Waals surface area contributed by atoms with Crippen LogP contribution in [-0.4, -0.2) is 91.5 Å². The summed E-state index contributed by atoms with van der Waals surface area (Å²) in [6.45, 7) is 7.60. The van der Waals surface area contributed by atoms with E-state index in [0.29, 0.717) is 18.8 Å². The molecule has 0 amide bonds. The Labute approximate surface area is 147 Å². The zero-order valence-electron chi connectivity index (χ0n) is 14.4. The standard InChI is InChI=1S/C17H26N4O4/c22-15(14-19-9-11-25-12-10-19)13-18-5-7-20(8-6-18)16-3-1-2-4-17(16)21(23)24/h1-4,15,22H,5-14H2/t15-/m0/s1. The average Bonchev–Trinajstić information content (AvgIpc) is 2.63. The van der Waals surface area contributed by atoms with E-state index < -0.39 is 0 Å². The number of ether oxygens (including phenoxy) is 1. The summed E-state index contributed by atoms with van der Waals surface area (Å²) in [5.41, 5.74) is 0.837. The van der Waals surface area contributed by atoms with Crippen LogP contribution < -0.4 is 4.90 Å². The number of anilines is 1. The number of nitro groups is 1. The van der Waals surface area contributed by atoms with Gasteiger partial charge in [-0.1, -0.05) is 12.1 Å². The van der Waals surface area contributed by atoms with Crippen LogP contribution in [0.1, 0.15) is 0 Å². The van der Waals surface area contributed by atoms with Crippen molar-refractivity contribution in [1.82, 2.24) is 9.80 Å². The number of morpholine rings is 1. The molecular formula is C17H26N4O4. The van der Waals surface area contributed by atoms with Crippen molar-refractivity contribution in [2.45, 2.75) is 6.10 Å². The summed E-state index contributed by atoms with van der Waals surface area (Å²) in [6.07, 6.45) is -0.379. The molecule has 1 aromatic rings. The van der Waals surface area contributed by atoms with Gasteiger partial charge in [-0.05, 0) is 6.07 Å². The molecule has 2 aliphatic heterocycles. The van der Waals surface area contributed by atoms with E-state index >= 15 is 0 Å². The number of piperazine rings is 1. The van der Waals surface area contributed by atoms with Gasteiger partial charge in [-0.3, -0.25) is 19.9 Å². The first-order chi connectivity index (χ1) is 12.1. The minimum Gasteiger partial charge on any atom is -0.390 e. The van der Waals surface area contributed by atoms with Gasteiger partial charge in [0, 0.05) is 58.4 Å². The van der Waals surface area contributed by atoms with Crippen LogP contribution in [0, 0.1) is 10.1 Å². The van der Waals surface area contributed by atoms with E-state index in [1.165, 1.54) is 0 Å². The number of hydrogen-bond donors (Lipinski definition) is 1. The summed E-state index contributed by atoms with van der Waals surface area (Å²) in [5.74, 6) is 0. The van der Waals surface area contributed by atoms with E-state index in [2.05, 4.69) is 14.7 Å². The first-order valence-corrected chi connectivity index (χ1v) is 8.82. The second kappa shape index (κ2) is 8.57. The second-order valence-electron chi connectivity index (χ2n) is 6.60. The normalized spacial score (nSPS) is 21.2. The lowest BCUT2D eigenvalue weighted by molar-refractivity contribution is -0.384. The largest absolute Gasteiger partial charge is 0.390 e. The molecule has 2 saturated heterocycles. The first kappa shape index (κ1) is 18.1. The Kier molecular flexibility index (Phi) is 6.19. The average molecular weight is 350 g/mol. The third kappa shape index (κ3) is 4.88. The third-order valence-electron chi connectivity index (χ3n) is 4.83. The number of benzene rings is 1. The molecule has 0 radical (unpaired) electrons. The Morgan fingerprint density at radius 2 is 1.64 bits per heavy atom. The van der Waals surface area contributed by atoms with E-state index in [-0.39, 0.29) is 16.7 Å². The van der Waals surface area contributed by atoms with E-state index in [4.69, 9.17) is 4.74 Å². The summed E-state index contributed by atoms with van der Waals surface area (Å²) in [6, 6.07) is 6.88. The van der Waals surface area contributed by atoms with Crippen LogP contribution in [0.15, 0.2) is 24.3 Å².